The molecule has 0 amide bonds. The van der Waals surface area contributed by atoms with E-state index in [0.717, 1.165) is 16.7 Å². The highest BCUT2D eigenvalue weighted by Crippen LogP contribution is 2.22. The van der Waals surface area contributed by atoms with Crippen LogP contribution in [0.15, 0.2) is 87.5 Å². The van der Waals surface area contributed by atoms with Gasteiger partial charge in [-0.15, -0.1) is 0 Å². The van der Waals surface area contributed by atoms with Crippen molar-refractivity contribution in [2.75, 3.05) is 0 Å². The number of hydrogen-bond acceptors (Lipinski definition) is 9. The highest BCUT2D eigenvalue weighted by atomic mass is 32.2. The van der Waals surface area contributed by atoms with Crippen molar-refractivity contribution in [1.29, 1.82) is 0 Å². The summed E-state index contributed by atoms with van der Waals surface area (Å²) < 4.78 is 91.3. The van der Waals surface area contributed by atoms with Gasteiger partial charge in [0.25, 0.3) is 30.4 Å². The molecule has 3 aromatic carbocycles. The van der Waals surface area contributed by atoms with Crippen LogP contribution in [0.5, 0.6) is 0 Å². The van der Waals surface area contributed by atoms with Gasteiger partial charge >= 0.3 is 15.1 Å². The largest absolute Gasteiger partial charge is 0.952 e. The van der Waals surface area contributed by atoms with E-state index < -0.39 is 45.5 Å². The first-order valence-corrected chi connectivity index (χ1v) is 15.4. The second-order valence-electron chi connectivity index (χ2n) is 7.38. The maximum atomic E-state index is 12.8. The van der Waals surface area contributed by atoms with Crippen LogP contribution < -0.4 is 0 Å². The Morgan fingerprint density at radius 2 is 0.647 bits per heavy atom. The van der Waals surface area contributed by atoms with Gasteiger partial charge in [0.15, 0.2) is 0 Å². The molecule has 0 N–H and O–H groups in total. The van der Waals surface area contributed by atoms with E-state index in [-0.39, 0.29) is 14.7 Å². The Hall–Kier alpha value is -2.08. The topological polar surface area (TPSA) is 130 Å². The first-order valence-electron chi connectivity index (χ1n) is 9.78. The Morgan fingerprint density at radius 3 is 0.853 bits per heavy atom. The van der Waals surface area contributed by atoms with Crippen LogP contribution >= 0.6 is 0 Å². The standard InChI is InChI=1S/3C7H8O3S.Al/c3*1-6-2-4-7(5-3-6)11(8,9)10;/h3*2-5H,1H3,(H,8,9,10);/q;;;+3/p-3. The quantitative estimate of drug-likeness (QED) is 0.376. The minimum absolute atomic E-state index is 0.316. The molecule has 13 heteroatoms. The highest BCUT2D eigenvalue weighted by Gasteiger charge is 2.47. The normalized spacial score (nSPS) is 12.4. The highest BCUT2D eigenvalue weighted by molar-refractivity contribution is 7.90. The van der Waals surface area contributed by atoms with Crippen molar-refractivity contribution in [2.45, 2.75) is 35.5 Å². The molecule has 34 heavy (non-hydrogen) atoms. The van der Waals surface area contributed by atoms with Crippen LogP contribution in [0, 0.1) is 20.8 Å². The van der Waals surface area contributed by atoms with Crippen molar-refractivity contribution < 1.29 is 35.0 Å². The number of aryl methyl sites for hydroxylation is 3. The maximum Gasteiger partial charge on any atom is 0.952 e. The molecule has 0 aliphatic heterocycles. The Morgan fingerprint density at radius 1 is 0.441 bits per heavy atom. The van der Waals surface area contributed by atoms with Gasteiger partial charge in [0, 0.05) is 0 Å². The van der Waals surface area contributed by atoms with E-state index in [1.165, 1.54) is 72.8 Å². The minimum atomic E-state index is -4.62. The fraction of sp³-hybridized carbons (Fsp3) is 0.143. The summed E-state index contributed by atoms with van der Waals surface area (Å²) in [6, 6.07) is 16.4. The molecule has 0 bridgehead atoms. The van der Waals surface area contributed by atoms with Crippen LogP contribution in [-0.4, -0.2) is 40.4 Å². The summed E-state index contributed by atoms with van der Waals surface area (Å²) in [5.41, 5.74) is 2.30. The number of rotatable bonds is 9. The molecule has 0 spiro atoms. The van der Waals surface area contributed by atoms with Crippen LogP contribution in [0.2, 0.25) is 0 Å². The summed E-state index contributed by atoms with van der Waals surface area (Å²) >= 11 is -4.42. The van der Waals surface area contributed by atoms with Gasteiger partial charge in [-0.3, -0.25) is 0 Å². The fourth-order valence-corrected chi connectivity index (χ4v) is 9.11. The number of hydrogen-bond donors (Lipinski definition) is 0. The monoisotopic (exact) mass is 540 g/mol. The Balaban J connectivity index is 1.97. The fourth-order valence-electron chi connectivity index (χ4n) is 2.64. The van der Waals surface area contributed by atoms with Gasteiger partial charge in [-0.25, -0.2) is 0 Å². The predicted octanol–water partition coefficient (Wildman–Crippen LogP) is 3.11. The van der Waals surface area contributed by atoms with Crippen LogP contribution in [-0.2, 0) is 40.1 Å². The SMILES string of the molecule is Cc1ccc(S(=O)(=O)[O][Al]([O]S(=O)(=O)c2ccc(C)cc2)[O]S(=O)(=O)c2ccc(C)cc2)cc1. The van der Waals surface area contributed by atoms with Gasteiger partial charge in [0.2, 0.25) is 0 Å². The average molecular weight is 541 g/mol. The third kappa shape index (κ3) is 6.74. The molecule has 0 radical (unpaired) electrons. The molecule has 0 heterocycles. The van der Waals surface area contributed by atoms with E-state index >= 15 is 0 Å². The lowest BCUT2D eigenvalue weighted by Gasteiger charge is -2.14. The average Bonchev–Trinajstić information content (AvgIpc) is 2.73. The molecule has 0 aromatic heterocycles. The van der Waals surface area contributed by atoms with E-state index in [2.05, 4.69) is 0 Å². The molecule has 0 saturated carbocycles. The van der Waals surface area contributed by atoms with Gasteiger partial charge in [-0.05, 0) is 57.2 Å². The molecular formula is C21H21AlO9S3. The van der Waals surface area contributed by atoms with Crippen LogP contribution in [0.4, 0.5) is 0 Å². The predicted molar refractivity (Wildman–Crippen MR) is 124 cm³/mol. The summed E-state index contributed by atoms with van der Waals surface area (Å²) in [6.07, 6.45) is 0. The zero-order valence-corrected chi connectivity index (χ0v) is 22.0. The molecule has 3 rings (SSSR count). The summed E-state index contributed by atoms with van der Waals surface area (Å²) in [7, 11) is -13.8. The van der Waals surface area contributed by atoms with Crippen molar-refractivity contribution in [1.82, 2.24) is 0 Å². The molecule has 0 saturated heterocycles. The van der Waals surface area contributed by atoms with E-state index in [1.807, 2.05) is 0 Å². The molecular weight excluding hydrogens is 519 g/mol. The van der Waals surface area contributed by atoms with Crippen molar-refractivity contribution in [3.63, 3.8) is 0 Å². The first-order chi connectivity index (χ1) is 15.8. The minimum Gasteiger partial charge on any atom is -0.338 e. The Kier molecular flexibility index (Phi) is 8.01. The summed E-state index contributed by atoms with van der Waals surface area (Å²) in [4.78, 5) is -0.949. The zero-order valence-electron chi connectivity index (χ0n) is 18.4. The third-order valence-corrected chi connectivity index (χ3v) is 12.0. The van der Waals surface area contributed by atoms with Crippen LogP contribution in [0.3, 0.4) is 0 Å². The first kappa shape index (κ1) is 26.5. The molecule has 180 valence electrons. The van der Waals surface area contributed by atoms with E-state index in [9.17, 15) is 25.3 Å². The van der Waals surface area contributed by atoms with Crippen molar-refractivity contribution in [3.8, 4) is 0 Å². The van der Waals surface area contributed by atoms with Gasteiger partial charge in [-0.1, -0.05) is 53.1 Å². The Bertz CT molecular complexity index is 1280. The van der Waals surface area contributed by atoms with Gasteiger partial charge in [0.1, 0.15) is 0 Å². The van der Waals surface area contributed by atoms with Gasteiger partial charge in [0.05, 0.1) is 14.7 Å². The molecule has 0 aliphatic carbocycles. The summed E-state index contributed by atoms with van der Waals surface area (Å²) in [5.74, 6) is 0. The second kappa shape index (κ2) is 10.3. The van der Waals surface area contributed by atoms with Crippen LogP contribution in [0.25, 0.3) is 0 Å². The van der Waals surface area contributed by atoms with E-state index in [1.54, 1.807) is 20.8 Å². The number of benzene rings is 3. The third-order valence-electron chi connectivity index (χ3n) is 4.54. The zero-order chi connectivity index (χ0) is 25.1. The van der Waals surface area contributed by atoms with Crippen LogP contribution in [0.1, 0.15) is 16.7 Å². The van der Waals surface area contributed by atoms with Crippen molar-refractivity contribution in [2.24, 2.45) is 0 Å². The molecule has 0 aliphatic rings. The maximum absolute atomic E-state index is 12.8. The van der Waals surface area contributed by atoms with E-state index in [4.69, 9.17) is 9.70 Å². The van der Waals surface area contributed by atoms with Gasteiger partial charge < -0.3 is 9.70 Å². The lowest BCUT2D eigenvalue weighted by Crippen LogP contribution is -2.35. The molecule has 3 aromatic rings. The van der Waals surface area contributed by atoms with Crippen molar-refractivity contribution in [3.05, 3.63) is 89.5 Å². The smallest absolute Gasteiger partial charge is 0.338 e. The summed E-state index contributed by atoms with van der Waals surface area (Å²) in [5, 5.41) is 0. The molecule has 0 unspecified atom stereocenters. The van der Waals surface area contributed by atoms with Crippen molar-refractivity contribution >= 4 is 45.5 Å². The molecule has 0 atom stereocenters. The van der Waals surface area contributed by atoms with Gasteiger partial charge in [-0.2, -0.15) is 25.3 Å². The van der Waals surface area contributed by atoms with E-state index in [0.29, 0.717) is 0 Å². The summed E-state index contributed by atoms with van der Waals surface area (Å²) in [6.45, 7) is 5.22. The lowest BCUT2D eigenvalue weighted by molar-refractivity contribution is 0.311. The molecule has 9 nitrogen and oxygen atoms in total. The molecule has 0 fully saturated rings. The second-order valence-corrected chi connectivity index (χ2v) is 14.4. The Labute approximate surface area is 204 Å². The lowest BCUT2D eigenvalue weighted by atomic mass is 10.2.